The summed E-state index contributed by atoms with van der Waals surface area (Å²) in [5.41, 5.74) is -0.321. The van der Waals surface area contributed by atoms with Gasteiger partial charge in [0.25, 0.3) is 0 Å². The van der Waals surface area contributed by atoms with Crippen LogP contribution in [0.25, 0.3) is 0 Å². The Balaban J connectivity index is 2.14. The highest BCUT2D eigenvalue weighted by Crippen LogP contribution is 2.25. The first-order valence-electron chi connectivity index (χ1n) is 8.06. The average molecular weight is 349 g/mol. The zero-order valence-corrected chi connectivity index (χ0v) is 14.9. The van der Waals surface area contributed by atoms with Crippen LogP contribution in [-0.4, -0.2) is 54.3 Å². The smallest absolute Gasteiger partial charge is 0.411 e. The maximum Gasteiger partial charge on any atom is 0.411 e. The van der Waals surface area contributed by atoms with E-state index < -0.39 is 35.8 Å². The molecular weight excluding hydrogens is 326 g/mol. The number of likely N-dealkylation sites (tertiary alicyclic amines) is 1. The highest BCUT2D eigenvalue weighted by molar-refractivity contribution is 5.90. The van der Waals surface area contributed by atoms with Crippen molar-refractivity contribution in [2.75, 3.05) is 13.7 Å². The van der Waals surface area contributed by atoms with Crippen molar-refractivity contribution < 1.29 is 28.6 Å². The van der Waals surface area contributed by atoms with Crippen molar-refractivity contribution in [1.82, 2.24) is 4.90 Å². The van der Waals surface area contributed by atoms with Crippen LogP contribution in [0.1, 0.15) is 37.6 Å². The van der Waals surface area contributed by atoms with Gasteiger partial charge < -0.3 is 14.2 Å². The van der Waals surface area contributed by atoms with Gasteiger partial charge in [-0.25, -0.2) is 14.4 Å². The Morgan fingerprint density at radius 2 is 1.76 bits per heavy atom. The molecule has 1 heterocycles. The number of ether oxygens (including phenoxy) is 3. The van der Waals surface area contributed by atoms with Gasteiger partial charge in [0, 0.05) is 13.0 Å². The van der Waals surface area contributed by atoms with Crippen molar-refractivity contribution in [2.45, 2.75) is 44.9 Å². The molecule has 2 rings (SSSR count). The lowest BCUT2D eigenvalue weighted by atomic mass is 10.1. The third-order valence-corrected chi connectivity index (χ3v) is 3.68. The number of hydrogen-bond acceptors (Lipinski definition) is 6. The molecule has 0 bridgehead atoms. The molecule has 1 saturated heterocycles. The molecule has 0 N–H and O–H groups in total. The Morgan fingerprint density at radius 1 is 1.12 bits per heavy atom. The SMILES string of the molecule is COC(=O)[C@@H]1C(OC(=O)c2ccccc2)CCN1C(=O)OC(C)(C)C. The maximum atomic E-state index is 12.3. The predicted molar refractivity (Wildman–Crippen MR) is 89.0 cm³/mol. The Bertz CT molecular complexity index is 637. The molecule has 0 aromatic heterocycles. The predicted octanol–water partition coefficient (Wildman–Crippen LogP) is 2.39. The van der Waals surface area contributed by atoms with Gasteiger partial charge in [0.2, 0.25) is 0 Å². The van der Waals surface area contributed by atoms with Gasteiger partial charge in [-0.05, 0) is 32.9 Å². The second kappa shape index (κ2) is 7.55. The summed E-state index contributed by atoms with van der Waals surface area (Å²) in [7, 11) is 1.23. The molecule has 0 aliphatic carbocycles. The summed E-state index contributed by atoms with van der Waals surface area (Å²) in [5, 5.41) is 0. The number of benzene rings is 1. The van der Waals surface area contributed by atoms with E-state index in [4.69, 9.17) is 14.2 Å². The highest BCUT2D eigenvalue weighted by Gasteiger charge is 2.46. The lowest BCUT2D eigenvalue weighted by Gasteiger charge is -2.28. The van der Waals surface area contributed by atoms with Crippen molar-refractivity contribution in [2.24, 2.45) is 0 Å². The van der Waals surface area contributed by atoms with Crippen molar-refractivity contribution in [3.63, 3.8) is 0 Å². The maximum absolute atomic E-state index is 12.3. The Hall–Kier alpha value is -2.57. The van der Waals surface area contributed by atoms with E-state index >= 15 is 0 Å². The molecule has 1 aliphatic rings. The number of esters is 2. The minimum absolute atomic E-state index is 0.238. The van der Waals surface area contributed by atoms with Crippen LogP contribution in [0.5, 0.6) is 0 Å². The summed E-state index contributed by atoms with van der Waals surface area (Å²) in [6.07, 6.45) is -1.09. The van der Waals surface area contributed by atoms with Gasteiger partial charge in [0.05, 0.1) is 12.7 Å². The summed E-state index contributed by atoms with van der Waals surface area (Å²) in [4.78, 5) is 38.0. The number of carbonyl (C=O) groups excluding carboxylic acids is 3. The number of hydrogen-bond donors (Lipinski definition) is 0. The number of amides is 1. The Morgan fingerprint density at radius 3 is 2.32 bits per heavy atom. The van der Waals surface area contributed by atoms with E-state index in [1.54, 1.807) is 51.1 Å². The first-order chi connectivity index (χ1) is 11.7. The third kappa shape index (κ3) is 4.71. The molecule has 0 spiro atoms. The summed E-state index contributed by atoms with van der Waals surface area (Å²) < 4.78 is 15.6. The zero-order chi connectivity index (χ0) is 18.6. The molecular formula is C18H23NO6. The molecule has 136 valence electrons. The van der Waals surface area contributed by atoms with Crippen LogP contribution in [-0.2, 0) is 19.0 Å². The molecule has 25 heavy (non-hydrogen) atoms. The van der Waals surface area contributed by atoms with E-state index in [1.165, 1.54) is 12.0 Å². The van der Waals surface area contributed by atoms with E-state index in [0.29, 0.717) is 12.0 Å². The molecule has 1 aromatic rings. The van der Waals surface area contributed by atoms with Crippen LogP contribution in [0.3, 0.4) is 0 Å². The van der Waals surface area contributed by atoms with Gasteiger partial charge in [0.1, 0.15) is 11.7 Å². The fourth-order valence-corrected chi connectivity index (χ4v) is 2.59. The third-order valence-electron chi connectivity index (χ3n) is 3.68. The van der Waals surface area contributed by atoms with Crippen molar-refractivity contribution >= 4 is 18.0 Å². The quantitative estimate of drug-likeness (QED) is 0.616. The van der Waals surface area contributed by atoms with Gasteiger partial charge in [-0.2, -0.15) is 0 Å². The van der Waals surface area contributed by atoms with Gasteiger partial charge >= 0.3 is 18.0 Å². The van der Waals surface area contributed by atoms with Crippen LogP contribution >= 0.6 is 0 Å². The molecule has 1 fully saturated rings. The van der Waals surface area contributed by atoms with Crippen LogP contribution in [0.2, 0.25) is 0 Å². The number of rotatable bonds is 3. The standard InChI is InChI=1S/C18H23NO6/c1-18(2,3)25-17(22)19-11-10-13(14(19)16(21)23-4)24-15(20)12-8-6-5-7-9-12/h5-9,13-14H,10-11H2,1-4H3/t13?,14-/m0/s1. The molecule has 7 heteroatoms. The normalized spacial score (nSPS) is 20.1. The summed E-state index contributed by atoms with van der Waals surface area (Å²) in [6, 6.07) is 7.44. The van der Waals surface area contributed by atoms with E-state index in [9.17, 15) is 14.4 Å². The van der Waals surface area contributed by atoms with Crippen LogP contribution in [0.4, 0.5) is 4.79 Å². The number of methoxy groups -OCH3 is 1. The van der Waals surface area contributed by atoms with E-state index in [-0.39, 0.29) is 6.54 Å². The number of carbonyl (C=O) groups is 3. The topological polar surface area (TPSA) is 82.1 Å². The summed E-state index contributed by atoms with van der Waals surface area (Å²) in [5.74, 6) is -1.19. The lowest BCUT2D eigenvalue weighted by Crippen LogP contribution is -2.48. The lowest BCUT2D eigenvalue weighted by molar-refractivity contribution is -0.148. The number of nitrogens with zero attached hydrogens (tertiary/aromatic N) is 1. The van der Waals surface area contributed by atoms with Gasteiger partial charge in [-0.3, -0.25) is 4.90 Å². The van der Waals surface area contributed by atoms with Crippen molar-refractivity contribution in [3.05, 3.63) is 35.9 Å². The zero-order valence-electron chi connectivity index (χ0n) is 14.9. The van der Waals surface area contributed by atoms with Crippen LogP contribution < -0.4 is 0 Å². The summed E-state index contributed by atoms with van der Waals surface area (Å²) >= 11 is 0. The molecule has 2 atom stereocenters. The highest BCUT2D eigenvalue weighted by atomic mass is 16.6. The Labute approximate surface area is 146 Å². The molecule has 7 nitrogen and oxygen atoms in total. The molecule has 0 saturated carbocycles. The van der Waals surface area contributed by atoms with Gasteiger partial charge in [-0.1, -0.05) is 18.2 Å². The minimum atomic E-state index is -1.02. The second-order valence-electron chi connectivity index (χ2n) is 6.74. The first-order valence-corrected chi connectivity index (χ1v) is 8.06. The van der Waals surface area contributed by atoms with Crippen molar-refractivity contribution in [3.8, 4) is 0 Å². The largest absolute Gasteiger partial charge is 0.467 e. The van der Waals surface area contributed by atoms with Crippen LogP contribution in [0, 0.1) is 0 Å². The first kappa shape index (κ1) is 18.8. The minimum Gasteiger partial charge on any atom is -0.467 e. The monoisotopic (exact) mass is 349 g/mol. The average Bonchev–Trinajstić information content (AvgIpc) is 2.97. The van der Waals surface area contributed by atoms with Crippen LogP contribution in [0.15, 0.2) is 30.3 Å². The van der Waals surface area contributed by atoms with E-state index in [1.807, 2.05) is 0 Å². The molecule has 1 amide bonds. The molecule has 1 aromatic carbocycles. The van der Waals surface area contributed by atoms with E-state index in [0.717, 1.165) is 0 Å². The fourth-order valence-electron chi connectivity index (χ4n) is 2.59. The molecule has 0 radical (unpaired) electrons. The molecule has 1 unspecified atom stereocenters. The van der Waals surface area contributed by atoms with Crippen molar-refractivity contribution in [1.29, 1.82) is 0 Å². The Kier molecular flexibility index (Phi) is 5.66. The van der Waals surface area contributed by atoms with E-state index in [2.05, 4.69) is 0 Å². The fraction of sp³-hybridized carbons (Fsp3) is 0.500. The summed E-state index contributed by atoms with van der Waals surface area (Å²) in [6.45, 7) is 5.45. The van der Waals surface area contributed by atoms with Gasteiger partial charge in [0.15, 0.2) is 6.04 Å². The molecule has 1 aliphatic heterocycles. The second-order valence-corrected chi connectivity index (χ2v) is 6.74. The van der Waals surface area contributed by atoms with Gasteiger partial charge in [-0.15, -0.1) is 0 Å².